The van der Waals surface area contributed by atoms with Crippen LogP contribution < -0.4 is 10.6 Å². The van der Waals surface area contributed by atoms with Crippen LogP contribution in [0.25, 0.3) is 0 Å². The molecular formula is C29H28ClN3O3. The van der Waals surface area contributed by atoms with Crippen LogP contribution >= 0.6 is 11.6 Å². The van der Waals surface area contributed by atoms with Crippen LogP contribution in [0, 0.1) is 0 Å². The Labute approximate surface area is 216 Å². The Kier molecular flexibility index (Phi) is 8.18. The number of halogens is 1. The van der Waals surface area contributed by atoms with Crippen molar-refractivity contribution in [2.75, 3.05) is 17.2 Å². The van der Waals surface area contributed by atoms with Crippen molar-refractivity contribution in [3.8, 4) is 0 Å². The minimum absolute atomic E-state index is 0.00922. The van der Waals surface area contributed by atoms with E-state index in [4.69, 9.17) is 11.6 Å². The molecule has 0 spiro atoms. The number of nitrogens with one attached hydrogen (secondary N) is 2. The van der Waals surface area contributed by atoms with E-state index in [2.05, 4.69) is 17.6 Å². The second kappa shape index (κ2) is 11.7. The molecule has 2 N–H and O–H groups in total. The van der Waals surface area contributed by atoms with Gasteiger partial charge in [0.15, 0.2) is 0 Å². The highest BCUT2D eigenvalue weighted by molar-refractivity contribution is 6.48. The van der Waals surface area contributed by atoms with Gasteiger partial charge in [-0.3, -0.25) is 19.3 Å². The number of nitrogens with zero attached hydrogens (tertiary/aromatic N) is 1. The van der Waals surface area contributed by atoms with E-state index < -0.39 is 11.8 Å². The number of anilines is 2. The fourth-order valence-electron chi connectivity index (χ4n) is 3.96. The number of imide groups is 1. The van der Waals surface area contributed by atoms with Crippen LogP contribution in [0.2, 0.25) is 0 Å². The van der Waals surface area contributed by atoms with Crippen molar-refractivity contribution < 1.29 is 14.4 Å². The topological polar surface area (TPSA) is 78.5 Å². The Bertz CT molecular complexity index is 1290. The third-order valence-electron chi connectivity index (χ3n) is 6.00. The van der Waals surface area contributed by atoms with E-state index in [1.54, 1.807) is 24.3 Å². The van der Waals surface area contributed by atoms with E-state index >= 15 is 0 Å². The molecule has 0 saturated carbocycles. The molecule has 0 unspecified atom stereocenters. The van der Waals surface area contributed by atoms with Gasteiger partial charge in [0.05, 0.1) is 0 Å². The molecule has 0 fully saturated rings. The smallest absolute Gasteiger partial charge is 0.278 e. The van der Waals surface area contributed by atoms with Crippen LogP contribution in [0.3, 0.4) is 0 Å². The van der Waals surface area contributed by atoms with Gasteiger partial charge >= 0.3 is 0 Å². The molecule has 1 aliphatic rings. The second-order valence-electron chi connectivity index (χ2n) is 8.65. The Morgan fingerprint density at radius 1 is 0.833 bits per heavy atom. The minimum atomic E-state index is -0.531. The molecule has 1 heterocycles. The molecular weight excluding hydrogens is 474 g/mol. The van der Waals surface area contributed by atoms with Gasteiger partial charge in [0.2, 0.25) is 0 Å². The highest BCUT2D eigenvalue weighted by Crippen LogP contribution is 2.26. The van der Waals surface area contributed by atoms with Crippen LogP contribution in [0.5, 0.6) is 0 Å². The van der Waals surface area contributed by atoms with E-state index in [1.165, 1.54) is 5.56 Å². The first kappa shape index (κ1) is 25.2. The molecule has 7 heteroatoms. The van der Waals surface area contributed by atoms with E-state index in [1.807, 2.05) is 54.6 Å². The largest absolute Gasteiger partial charge is 0.350 e. The first-order chi connectivity index (χ1) is 17.5. The van der Waals surface area contributed by atoms with Gasteiger partial charge in [-0.05, 0) is 60.7 Å². The van der Waals surface area contributed by atoms with Crippen molar-refractivity contribution in [3.63, 3.8) is 0 Å². The number of aryl methyl sites for hydroxylation is 1. The fraction of sp³-hybridized carbons (Fsp3) is 0.207. The summed E-state index contributed by atoms with van der Waals surface area (Å²) in [5, 5.41) is 5.67. The van der Waals surface area contributed by atoms with Crippen LogP contribution in [0.4, 0.5) is 11.4 Å². The number of rotatable bonds is 10. The molecule has 6 nitrogen and oxygen atoms in total. The van der Waals surface area contributed by atoms with Crippen LogP contribution in [-0.4, -0.2) is 29.2 Å². The summed E-state index contributed by atoms with van der Waals surface area (Å²) in [5.74, 6) is -1.30. The third-order valence-corrected chi connectivity index (χ3v) is 6.35. The Hall–Kier alpha value is -3.90. The van der Waals surface area contributed by atoms with Gasteiger partial charge in [-0.2, -0.15) is 0 Å². The maximum absolute atomic E-state index is 12.9. The summed E-state index contributed by atoms with van der Waals surface area (Å²) >= 11 is 6.23. The van der Waals surface area contributed by atoms with Crippen molar-refractivity contribution in [2.24, 2.45) is 0 Å². The quantitative estimate of drug-likeness (QED) is 0.346. The molecule has 0 saturated heterocycles. The number of carbonyl (C=O) groups is 3. The maximum atomic E-state index is 12.9. The molecule has 0 bridgehead atoms. The predicted molar refractivity (Wildman–Crippen MR) is 143 cm³/mol. The van der Waals surface area contributed by atoms with Crippen molar-refractivity contribution in [1.29, 1.82) is 0 Å². The SMILES string of the molecule is CCCCc1ccc(NC(=O)c2cccc(NC3=C(Cl)C(=O)N(CCc4ccccc4)C3=O)c2)cc1. The van der Waals surface area contributed by atoms with E-state index in [-0.39, 0.29) is 23.2 Å². The van der Waals surface area contributed by atoms with Gasteiger partial charge < -0.3 is 10.6 Å². The summed E-state index contributed by atoms with van der Waals surface area (Å²) in [5.41, 5.74) is 3.86. The van der Waals surface area contributed by atoms with Gasteiger partial charge in [-0.1, -0.05) is 73.5 Å². The maximum Gasteiger partial charge on any atom is 0.278 e. The first-order valence-electron chi connectivity index (χ1n) is 12.0. The Morgan fingerprint density at radius 2 is 1.56 bits per heavy atom. The summed E-state index contributed by atoms with van der Waals surface area (Å²) < 4.78 is 0. The highest BCUT2D eigenvalue weighted by Gasteiger charge is 2.37. The van der Waals surface area contributed by atoms with Gasteiger partial charge in [0.25, 0.3) is 17.7 Å². The molecule has 3 aromatic carbocycles. The zero-order chi connectivity index (χ0) is 25.5. The number of carbonyl (C=O) groups excluding carboxylic acids is 3. The lowest BCUT2D eigenvalue weighted by Crippen LogP contribution is -2.34. The molecule has 0 aromatic heterocycles. The molecule has 3 aromatic rings. The first-order valence-corrected chi connectivity index (χ1v) is 12.4. The Balaban J connectivity index is 1.40. The lowest BCUT2D eigenvalue weighted by Gasteiger charge is -2.15. The molecule has 0 atom stereocenters. The molecule has 4 rings (SSSR count). The number of benzene rings is 3. The van der Waals surface area contributed by atoms with Crippen molar-refractivity contribution in [3.05, 3.63) is 106 Å². The van der Waals surface area contributed by atoms with Gasteiger partial charge in [0, 0.05) is 23.5 Å². The lowest BCUT2D eigenvalue weighted by molar-refractivity contribution is -0.137. The van der Waals surface area contributed by atoms with E-state index in [9.17, 15) is 14.4 Å². The third kappa shape index (κ3) is 6.01. The molecule has 184 valence electrons. The number of unbranched alkanes of at least 4 members (excludes halogenated alkanes) is 1. The fourth-order valence-corrected chi connectivity index (χ4v) is 4.20. The molecule has 36 heavy (non-hydrogen) atoms. The molecule has 1 aliphatic heterocycles. The lowest BCUT2D eigenvalue weighted by atomic mass is 10.1. The summed E-state index contributed by atoms with van der Waals surface area (Å²) in [6.45, 7) is 2.38. The second-order valence-corrected chi connectivity index (χ2v) is 9.02. The van der Waals surface area contributed by atoms with Crippen molar-refractivity contribution in [2.45, 2.75) is 32.6 Å². The van der Waals surface area contributed by atoms with Crippen molar-refractivity contribution in [1.82, 2.24) is 4.90 Å². The minimum Gasteiger partial charge on any atom is -0.350 e. The standard InChI is InChI=1S/C29H28ClN3O3/c1-2-3-8-21-13-15-23(16-14-21)32-27(34)22-11-7-12-24(19-22)31-26-25(30)28(35)33(29(26)36)18-17-20-9-5-4-6-10-20/h4-7,9-16,19,31H,2-3,8,17-18H2,1H3,(H,32,34). The van der Waals surface area contributed by atoms with Crippen molar-refractivity contribution >= 4 is 40.7 Å². The number of amides is 3. The summed E-state index contributed by atoms with van der Waals surface area (Å²) in [4.78, 5) is 39.5. The van der Waals surface area contributed by atoms with Crippen LogP contribution in [-0.2, 0) is 22.4 Å². The average molecular weight is 502 g/mol. The average Bonchev–Trinajstić information content (AvgIpc) is 3.10. The predicted octanol–water partition coefficient (Wildman–Crippen LogP) is 5.76. The normalized spacial score (nSPS) is 13.3. The summed E-state index contributed by atoms with van der Waals surface area (Å²) in [7, 11) is 0. The molecule has 3 amide bonds. The number of hydrogen-bond acceptors (Lipinski definition) is 4. The van der Waals surface area contributed by atoms with Crippen LogP contribution in [0.1, 0.15) is 41.3 Å². The zero-order valence-corrected chi connectivity index (χ0v) is 20.8. The summed E-state index contributed by atoms with van der Waals surface area (Å²) in [6, 6.07) is 24.1. The molecule has 0 radical (unpaired) electrons. The zero-order valence-electron chi connectivity index (χ0n) is 20.1. The van der Waals surface area contributed by atoms with Gasteiger partial charge in [-0.15, -0.1) is 0 Å². The van der Waals surface area contributed by atoms with E-state index in [0.717, 1.165) is 29.7 Å². The van der Waals surface area contributed by atoms with Gasteiger partial charge in [-0.25, -0.2) is 0 Å². The molecule has 0 aliphatic carbocycles. The number of hydrogen-bond donors (Lipinski definition) is 2. The monoisotopic (exact) mass is 501 g/mol. The van der Waals surface area contributed by atoms with E-state index in [0.29, 0.717) is 23.4 Å². The van der Waals surface area contributed by atoms with Crippen LogP contribution in [0.15, 0.2) is 89.6 Å². The Morgan fingerprint density at radius 3 is 2.28 bits per heavy atom. The summed E-state index contributed by atoms with van der Waals surface area (Å²) in [6.07, 6.45) is 3.81. The highest BCUT2D eigenvalue weighted by atomic mass is 35.5. The van der Waals surface area contributed by atoms with Gasteiger partial charge in [0.1, 0.15) is 10.7 Å².